The van der Waals surface area contributed by atoms with Crippen molar-refractivity contribution in [3.63, 3.8) is 0 Å². The van der Waals surface area contributed by atoms with E-state index in [1.807, 2.05) is 0 Å². The van der Waals surface area contributed by atoms with Crippen LogP contribution in [0.5, 0.6) is 0 Å². The van der Waals surface area contributed by atoms with Gasteiger partial charge in [0.1, 0.15) is 6.26 Å². The van der Waals surface area contributed by atoms with E-state index in [1.165, 1.54) is 16.7 Å². The lowest BCUT2D eigenvalue weighted by Crippen LogP contribution is -2.07. The summed E-state index contributed by atoms with van der Waals surface area (Å²) in [6, 6.07) is 4.89. The molecule has 2 aromatic heterocycles. The lowest BCUT2D eigenvalue weighted by molar-refractivity contribution is 0.606. The number of hydrogen-bond acceptors (Lipinski definition) is 2. The van der Waals surface area contributed by atoms with E-state index in [0.29, 0.717) is 5.71 Å². The van der Waals surface area contributed by atoms with Crippen molar-refractivity contribution in [2.24, 2.45) is 0 Å². The first-order chi connectivity index (χ1) is 4.88. The normalized spacial score (nSPS) is 10.4. The lowest BCUT2D eigenvalue weighted by Gasteiger charge is -1.85. The van der Waals surface area contributed by atoms with E-state index in [1.54, 1.807) is 18.3 Å². The molecule has 0 unspecified atom stereocenters. The van der Waals surface area contributed by atoms with Crippen molar-refractivity contribution >= 4 is 5.71 Å². The highest BCUT2D eigenvalue weighted by atomic mass is 16.3. The van der Waals surface area contributed by atoms with Crippen LogP contribution < -0.4 is 5.56 Å². The van der Waals surface area contributed by atoms with E-state index in [2.05, 4.69) is 0 Å². The van der Waals surface area contributed by atoms with Crippen molar-refractivity contribution in [3.05, 3.63) is 41.0 Å². The number of oxazole rings is 1. The van der Waals surface area contributed by atoms with Gasteiger partial charge in [-0.15, -0.1) is 0 Å². The molecular weight excluding hydrogens is 130 g/mol. The highest BCUT2D eigenvalue weighted by Gasteiger charge is 1.93. The van der Waals surface area contributed by atoms with E-state index in [4.69, 9.17) is 4.42 Å². The third-order valence-corrected chi connectivity index (χ3v) is 1.35. The topological polar surface area (TPSA) is 34.6 Å². The average molecular weight is 135 g/mol. The Balaban J connectivity index is 3.09. The highest BCUT2D eigenvalue weighted by Crippen LogP contribution is 1.97. The molecule has 2 heterocycles. The molecule has 0 aliphatic heterocycles. The number of pyridine rings is 1. The molecule has 0 saturated heterocycles. The van der Waals surface area contributed by atoms with Crippen molar-refractivity contribution in [1.29, 1.82) is 0 Å². The van der Waals surface area contributed by atoms with Gasteiger partial charge in [0.15, 0.2) is 0 Å². The van der Waals surface area contributed by atoms with Crippen LogP contribution in [0.2, 0.25) is 0 Å². The molecule has 0 aliphatic rings. The maximum Gasteiger partial charge on any atom is 0.257 e. The second-order valence-electron chi connectivity index (χ2n) is 1.98. The number of nitrogens with zero attached hydrogens (tertiary/aromatic N) is 1. The molecule has 0 N–H and O–H groups in total. The molecule has 50 valence electrons. The predicted octanol–water partition coefficient (Wildman–Crippen LogP) is 0.893. The maximum atomic E-state index is 10.9. The summed E-state index contributed by atoms with van der Waals surface area (Å²) in [5.41, 5.74) is 0.513. The lowest BCUT2D eigenvalue weighted by atomic mass is 10.5. The fourth-order valence-corrected chi connectivity index (χ4v) is 0.886. The fourth-order valence-electron chi connectivity index (χ4n) is 0.886. The van der Waals surface area contributed by atoms with Gasteiger partial charge in [-0.1, -0.05) is 6.07 Å². The molecule has 2 aromatic rings. The Morgan fingerprint density at radius 2 is 2.30 bits per heavy atom. The Kier molecular flexibility index (Phi) is 0.917. The molecule has 0 fully saturated rings. The van der Waals surface area contributed by atoms with Gasteiger partial charge in [0, 0.05) is 6.07 Å². The average Bonchev–Trinajstić information content (AvgIpc) is 2.36. The number of hydrogen-bond donors (Lipinski definition) is 0. The van der Waals surface area contributed by atoms with Crippen LogP contribution in [-0.4, -0.2) is 4.40 Å². The fraction of sp³-hybridized carbons (Fsp3) is 0. The summed E-state index contributed by atoms with van der Waals surface area (Å²) in [6.45, 7) is 0. The van der Waals surface area contributed by atoms with E-state index in [-0.39, 0.29) is 5.56 Å². The largest absolute Gasteiger partial charge is 0.446 e. The molecular formula is C7H5NO2. The maximum absolute atomic E-state index is 10.9. The molecule has 10 heavy (non-hydrogen) atoms. The van der Waals surface area contributed by atoms with Crippen LogP contribution in [0.3, 0.4) is 0 Å². The van der Waals surface area contributed by atoms with Gasteiger partial charge < -0.3 is 4.42 Å². The zero-order valence-corrected chi connectivity index (χ0v) is 5.15. The summed E-state index contributed by atoms with van der Waals surface area (Å²) in [6.07, 6.45) is 3.08. The quantitative estimate of drug-likeness (QED) is 0.537. The summed E-state index contributed by atoms with van der Waals surface area (Å²) in [4.78, 5) is 10.9. The standard InChI is InChI=1S/C7H5NO2/c9-6-2-1-3-7-8(6)4-5-10-7/h1-5H. The monoisotopic (exact) mass is 135 g/mol. The SMILES string of the molecule is O=c1cccc2occn12. The molecule has 0 amide bonds. The van der Waals surface area contributed by atoms with Crippen molar-refractivity contribution < 1.29 is 4.42 Å². The Morgan fingerprint density at radius 1 is 1.40 bits per heavy atom. The number of rotatable bonds is 0. The molecule has 3 nitrogen and oxygen atoms in total. The molecule has 2 rings (SSSR count). The van der Waals surface area contributed by atoms with Gasteiger partial charge in [-0.25, -0.2) is 0 Å². The van der Waals surface area contributed by atoms with Crippen molar-refractivity contribution in [2.75, 3.05) is 0 Å². The van der Waals surface area contributed by atoms with Crippen LogP contribution in [0.25, 0.3) is 5.71 Å². The summed E-state index contributed by atoms with van der Waals surface area (Å²) >= 11 is 0. The molecule has 0 bridgehead atoms. The minimum absolute atomic E-state index is 0.0637. The minimum atomic E-state index is -0.0637. The molecule has 3 heteroatoms. The first kappa shape index (κ1) is 5.29. The van der Waals surface area contributed by atoms with E-state index >= 15 is 0 Å². The zero-order chi connectivity index (χ0) is 6.97. The second kappa shape index (κ2) is 1.73. The van der Waals surface area contributed by atoms with Gasteiger partial charge in [-0.2, -0.15) is 0 Å². The Morgan fingerprint density at radius 3 is 3.10 bits per heavy atom. The van der Waals surface area contributed by atoms with Crippen LogP contribution >= 0.6 is 0 Å². The molecule has 0 spiro atoms. The first-order valence-electron chi connectivity index (χ1n) is 2.93. The van der Waals surface area contributed by atoms with Gasteiger partial charge in [-0.05, 0) is 6.07 Å². The third kappa shape index (κ3) is 0.572. The van der Waals surface area contributed by atoms with Crippen molar-refractivity contribution in [1.82, 2.24) is 4.40 Å². The van der Waals surface area contributed by atoms with E-state index in [0.717, 1.165) is 0 Å². The predicted molar refractivity (Wildman–Crippen MR) is 35.9 cm³/mol. The number of fused-ring (bicyclic) bond motifs is 1. The van der Waals surface area contributed by atoms with Gasteiger partial charge in [0.25, 0.3) is 5.56 Å². The molecule has 0 aliphatic carbocycles. The van der Waals surface area contributed by atoms with E-state index < -0.39 is 0 Å². The molecule has 0 aromatic carbocycles. The second-order valence-corrected chi connectivity index (χ2v) is 1.98. The van der Waals surface area contributed by atoms with Gasteiger partial charge in [0.05, 0.1) is 6.20 Å². The number of aromatic nitrogens is 1. The Labute approximate surface area is 56.5 Å². The van der Waals surface area contributed by atoms with Crippen molar-refractivity contribution in [3.8, 4) is 0 Å². The van der Waals surface area contributed by atoms with Crippen LogP contribution in [0.15, 0.2) is 39.9 Å². The van der Waals surface area contributed by atoms with Crippen LogP contribution in [0.4, 0.5) is 0 Å². The first-order valence-corrected chi connectivity index (χ1v) is 2.93. The minimum Gasteiger partial charge on any atom is -0.446 e. The van der Waals surface area contributed by atoms with E-state index in [9.17, 15) is 4.79 Å². The summed E-state index contributed by atoms with van der Waals surface area (Å²) in [7, 11) is 0. The summed E-state index contributed by atoms with van der Waals surface area (Å²) < 4.78 is 6.41. The van der Waals surface area contributed by atoms with Crippen LogP contribution in [0, 0.1) is 0 Å². The van der Waals surface area contributed by atoms with Gasteiger partial charge in [-0.3, -0.25) is 9.20 Å². The third-order valence-electron chi connectivity index (χ3n) is 1.35. The van der Waals surface area contributed by atoms with Crippen LogP contribution in [0.1, 0.15) is 0 Å². The smallest absolute Gasteiger partial charge is 0.257 e. The Bertz CT molecular complexity index is 399. The van der Waals surface area contributed by atoms with Crippen molar-refractivity contribution in [2.45, 2.75) is 0 Å². The molecule has 0 radical (unpaired) electrons. The molecule has 0 atom stereocenters. The Hall–Kier alpha value is -1.51. The van der Waals surface area contributed by atoms with Gasteiger partial charge in [0.2, 0.25) is 5.71 Å². The van der Waals surface area contributed by atoms with Crippen LogP contribution in [-0.2, 0) is 0 Å². The summed E-state index contributed by atoms with van der Waals surface area (Å²) in [5.74, 6) is 0. The summed E-state index contributed by atoms with van der Waals surface area (Å²) in [5, 5.41) is 0. The van der Waals surface area contributed by atoms with Gasteiger partial charge >= 0.3 is 0 Å². The zero-order valence-electron chi connectivity index (χ0n) is 5.15. The highest BCUT2D eigenvalue weighted by molar-refractivity contribution is 5.32. The molecule has 0 saturated carbocycles.